The van der Waals surface area contributed by atoms with Crippen molar-refractivity contribution in [2.24, 2.45) is 11.8 Å². The van der Waals surface area contributed by atoms with Crippen molar-refractivity contribution >= 4 is 35.6 Å². The third-order valence-corrected chi connectivity index (χ3v) is 7.86. The first-order valence-corrected chi connectivity index (χ1v) is 14.6. The lowest BCUT2D eigenvalue weighted by Crippen LogP contribution is -2.15. The van der Waals surface area contributed by atoms with Gasteiger partial charge in [-0.25, -0.2) is 3.74 Å². The molecule has 0 radical (unpaired) electrons. The zero-order valence-corrected chi connectivity index (χ0v) is 25.2. The number of benzene rings is 1. The van der Waals surface area contributed by atoms with E-state index in [2.05, 4.69) is 102 Å². The van der Waals surface area contributed by atoms with Gasteiger partial charge in [0.15, 0.2) is 0 Å². The van der Waals surface area contributed by atoms with Crippen LogP contribution >= 0.6 is 23.9 Å². The molecule has 0 amide bonds. The van der Waals surface area contributed by atoms with Crippen LogP contribution in [-0.2, 0) is 3.74 Å². The van der Waals surface area contributed by atoms with Gasteiger partial charge in [0.25, 0.3) is 0 Å². The van der Waals surface area contributed by atoms with Crippen LogP contribution in [-0.4, -0.2) is 0 Å². The van der Waals surface area contributed by atoms with E-state index in [-0.39, 0.29) is 0 Å². The Kier molecular flexibility index (Phi) is 13.1. The highest BCUT2D eigenvalue weighted by Crippen LogP contribution is 2.40. The van der Waals surface area contributed by atoms with E-state index in [4.69, 9.17) is 11.9 Å². The van der Waals surface area contributed by atoms with Gasteiger partial charge in [-0.3, -0.25) is 0 Å². The van der Waals surface area contributed by atoms with E-state index in [1.807, 2.05) is 11.5 Å². The monoisotopic (exact) mass is 524 g/mol. The normalized spacial score (nSPS) is 18.7. The number of rotatable bonds is 11. The summed E-state index contributed by atoms with van der Waals surface area (Å²) < 4.78 is 4.56. The van der Waals surface area contributed by atoms with E-state index in [1.165, 1.54) is 59.1 Å². The summed E-state index contributed by atoms with van der Waals surface area (Å²) in [6.45, 7) is 18.3. The molecule has 0 aromatic heterocycles. The van der Waals surface area contributed by atoms with Crippen LogP contribution in [0.2, 0.25) is 0 Å². The molecule has 0 bridgehead atoms. The van der Waals surface area contributed by atoms with Crippen LogP contribution in [0.5, 0.6) is 0 Å². The highest BCUT2D eigenvalue weighted by molar-refractivity contribution is 7.98. The molecule has 0 N–H and O–H groups in total. The maximum Gasteiger partial charge on any atom is 0.0757 e. The van der Waals surface area contributed by atoms with Crippen molar-refractivity contribution in [3.63, 3.8) is 0 Å². The highest BCUT2D eigenvalue weighted by atomic mass is 35.5. The number of hydrogen-bond donors (Lipinski definition) is 0. The maximum atomic E-state index is 5.31. The summed E-state index contributed by atoms with van der Waals surface area (Å²) in [6.07, 6.45) is 14.9. The minimum atomic E-state index is 0.634. The summed E-state index contributed by atoms with van der Waals surface area (Å²) in [5, 5.41) is 1.85. The van der Waals surface area contributed by atoms with E-state index >= 15 is 0 Å². The second-order valence-corrected chi connectivity index (χ2v) is 11.1. The molecule has 2 rings (SSSR count). The Morgan fingerprint density at radius 2 is 1.86 bits per heavy atom. The van der Waals surface area contributed by atoms with Gasteiger partial charge in [0.2, 0.25) is 0 Å². The summed E-state index contributed by atoms with van der Waals surface area (Å²) in [4.78, 5) is 0. The molecule has 1 aromatic rings. The Morgan fingerprint density at radius 1 is 1.17 bits per heavy atom. The maximum absolute atomic E-state index is 5.31. The van der Waals surface area contributed by atoms with Gasteiger partial charge in [0.1, 0.15) is 0 Å². The molecule has 3 heteroatoms. The standard InChI is InChI=1S/C33H45ClOS/c1-9-13-31(23(4)5)30(11-3)33(28-18-16-27(17-19-28)20-21-36-35-34)26(8)22-29-15-12-14-25(7)32(29)24(6)10-2/h9,13,16-22,24-25H,10-12,14-15H2,1-8H3/b13-9-,21-20+,26-22+,33-30-. The lowest BCUT2D eigenvalue weighted by atomic mass is 9.76. The first-order valence-electron chi connectivity index (χ1n) is 13.4. The predicted molar refractivity (Wildman–Crippen MR) is 164 cm³/mol. The Balaban J connectivity index is 2.77. The Bertz CT molecular complexity index is 1050. The van der Waals surface area contributed by atoms with Crippen molar-refractivity contribution in [3.05, 3.63) is 92.5 Å². The number of hydrogen-bond acceptors (Lipinski definition) is 2. The van der Waals surface area contributed by atoms with Gasteiger partial charge >= 0.3 is 0 Å². The van der Waals surface area contributed by atoms with Crippen molar-refractivity contribution in [1.82, 2.24) is 0 Å². The third-order valence-electron chi connectivity index (χ3n) is 7.32. The molecule has 36 heavy (non-hydrogen) atoms. The Hall–Kier alpha value is -1.74. The molecule has 0 heterocycles. The minimum absolute atomic E-state index is 0.634. The average Bonchev–Trinajstić information content (AvgIpc) is 2.86. The molecule has 196 valence electrons. The summed E-state index contributed by atoms with van der Waals surface area (Å²) in [5.41, 5.74) is 12.4. The van der Waals surface area contributed by atoms with Crippen LogP contribution in [0.4, 0.5) is 0 Å². The molecule has 1 aliphatic carbocycles. The van der Waals surface area contributed by atoms with Crippen molar-refractivity contribution < 1.29 is 3.74 Å². The first-order chi connectivity index (χ1) is 17.3. The fourth-order valence-corrected chi connectivity index (χ4v) is 5.87. The minimum Gasteiger partial charge on any atom is -0.203 e. The quantitative estimate of drug-likeness (QED) is 0.210. The molecule has 0 aliphatic heterocycles. The van der Waals surface area contributed by atoms with Crippen LogP contribution in [0.3, 0.4) is 0 Å². The molecule has 0 saturated carbocycles. The van der Waals surface area contributed by atoms with E-state index < -0.39 is 0 Å². The molecule has 0 spiro atoms. The smallest absolute Gasteiger partial charge is 0.0757 e. The predicted octanol–water partition coefficient (Wildman–Crippen LogP) is 11.7. The van der Waals surface area contributed by atoms with Crippen LogP contribution in [0.25, 0.3) is 11.6 Å². The molecule has 2 atom stereocenters. The van der Waals surface area contributed by atoms with Gasteiger partial charge in [-0.15, -0.1) is 0 Å². The highest BCUT2D eigenvalue weighted by Gasteiger charge is 2.23. The van der Waals surface area contributed by atoms with Crippen LogP contribution in [0.1, 0.15) is 98.6 Å². The first kappa shape index (κ1) is 30.5. The number of allylic oxidation sites excluding steroid dienone is 10. The van der Waals surface area contributed by atoms with Gasteiger partial charge in [-0.2, -0.15) is 0 Å². The van der Waals surface area contributed by atoms with Gasteiger partial charge < -0.3 is 0 Å². The van der Waals surface area contributed by atoms with E-state index in [9.17, 15) is 0 Å². The fourth-order valence-electron chi connectivity index (χ4n) is 5.49. The molecule has 2 unspecified atom stereocenters. The Morgan fingerprint density at radius 3 is 2.42 bits per heavy atom. The molecule has 1 nitrogen and oxygen atoms in total. The van der Waals surface area contributed by atoms with Crippen molar-refractivity contribution in [2.45, 2.75) is 87.5 Å². The second-order valence-electron chi connectivity index (χ2n) is 10.1. The van der Waals surface area contributed by atoms with Crippen molar-refractivity contribution in [1.29, 1.82) is 0 Å². The van der Waals surface area contributed by atoms with E-state index in [0.717, 1.165) is 24.0 Å². The van der Waals surface area contributed by atoms with E-state index in [0.29, 0.717) is 11.8 Å². The average molecular weight is 525 g/mol. The largest absolute Gasteiger partial charge is 0.203 e. The van der Waals surface area contributed by atoms with E-state index in [1.54, 1.807) is 11.1 Å². The third kappa shape index (κ3) is 8.13. The van der Waals surface area contributed by atoms with Crippen LogP contribution in [0.15, 0.2) is 81.3 Å². The fraction of sp³-hybridized carbons (Fsp3) is 0.455. The molecular weight excluding hydrogens is 480 g/mol. The summed E-state index contributed by atoms with van der Waals surface area (Å²) in [5.74, 6) is 1.30. The second kappa shape index (κ2) is 15.5. The van der Waals surface area contributed by atoms with Crippen LogP contribution in [0, 0.1) is 11.8 Å². The topological polar surface area (TPSA) is 9.23 Å². The SMILES string of the molecule is C/C=C\C(=C(C)C)/C(CC)=C(/C(C)=C/C1=C(C(C)CC)C(C)CCC1)c1ccc(/C=C/SOCl)cc1. The van der Waals surface area contributed by atoms with Gasteiger partial charge in [-0.1, -0.05) is 81.3 Å². The number of halogens is 1. The molecule has 1 aliphatic rings. The van der Waals surface area contributed by atoms with Gasteiger partial charge in [0, 0.05) is 17.5 Å². The molecule has 0 fully saturated rings. The zero-order chi connectivity index (χ0) is 26.7. The van der Waals surface area contributed by atoms with Crippen molar-refractivity contribution in [3.8, 4) is 0 Å². The Labute approximate surface area is 230 Å². The summed E-state index contributed by atoms with van der Waals surface area (Å²) in [6, 6.07) is 8.84. The summed E-state index contributed by atoms with van der Waals surface area (Å²) in [7, 11) is 0. The molecular formula is C33H45ClOS. The lowest BCUT2D eigenvalue weighted by Gasteiger charge is -2.29. The molecule has 0 saturated heterocycles. The molecule has 1 aromatic carbocycles. The lowest BCUT2D eigenvalue weighted by molar-refractivity contribution is 0.466. The van der Waals surface area contributed by atoms with Gasteiger partial charge in [-0.05, 0) is 117 Å². The van der Waals surface area contributed by atoms with Gasteiger partial charge in [0.05, 0.1) is 11.9 Å². The zero-order valence-electron chi connectivity index (χ0n) is 23.6. The summed E-state index contributed by atoms with van der Waals surface area (Å²) >= 11 is 6.43. The van der Waals surface area contributed by atoms with Crippen LogP contribution < -0.4 is 0 Å². The van der Waals surface area contributed by atoms with Crippen molar-refractivity contribution in [2.75, 3.05) is 0 Å².